The molecule has 2 N–H and O–H groups in total. The molecule has 0 aromatic heterocycles. The smallest absolute Gasteiger partial charge is 0.232 e. The van der Waals surface area contributed by atoms with Gasteiger partial charge in [0.05, 0.1) is 6.42 Å². The number of piperazine rings is 1. The lowest BCUT2D eigenvalue weighted by molar-refractivity contribution is -0.120. The monoisotopic (exact) mass is 209 g/mol. The Morgan fingerprint density at radius 3 is 2.87 bits per heavy atom. The third kappa shape index (κ3) is 5.40. The molecule has 15 heavy (non-hydrogen) atoms. The predicted octanol–water partition coefficient (Wildman–Crippen LogP) is -0.579. The van der Waals surface area contributed by atoms with E-state index in [9.17, 15) is 4.79 Å². The third-order valence-corrected chi connectivity index (χ3v) is 2.45. The van der Waals surface area contributed by atoms with Crippen LogP contribution in [0, 0.1) is 12.3 Å². The van der Waals surface area contributed by atoms with E-state index in [1.54, 1.807) is 0 Å². The van der Waals surface area contributed by atoms with Crippen LogP contribution in [-0.4, -0.2) is 50.1 Å². The number of nitrogens with zero attached hydrogens (tertiary/aromatic N) is 1. The maximum absolute atomic E-state index is 11.0. The first-order chi connectivity index (χ1) is 7.33. The van der Waals surface area contributed by atoms with Gasteiger partial charge < -0.3 is 15.5 Å². The van der Waals surface area contributed by atoms with Crippen LogP contribution in [0.15, 0.2) is 0 Å². The second-order valence-corrected chi connectivity index (χ2v) is 3.68. The normalized spacial score (nSPS) is 17.0. The highest BCUT2D eigenvalue weighted by atomic mass is 16.1. The molecule has 1 saturated heterocycles. The van der Waals surface area contributed by atoms with Crippen molar-refractivity contribution in [3.63, 3.8) is 0 Å². The number of amides is 1. The lowest BCUT2D eigenvalue weighted by atomic mass is 10.3. The zero-order chi connectivity index (χ0) is 10.9. The fourth-order valence-corrected chi connectivity index (χ4v) is 1.62. The van der Waals surface area contributed by atoms with Crippen molar-refractivity contribution >= 4 is 5.91 Å². The van der Waals surface area contributed by atoms with Gasteiger partial charge in [-0.15, -0.1) is 6.42 Å². The Morgan fingerprint density at radius 2 is 2.20 bits per heavy atom. The maximum atomic E-state index is 11.0. The Morgan fingerprint density at radius 1 is 1.47 bits per heavy atom. The molecule has 1 aliphatic rings. The lowest BCUT2D eigenvalue weighted by Gasteiger charge is -2.26. The molecule has 0 radical (unpaired) electrons. The highest BCUT2D eigenvalue weighted by molar-refractivity contribution is 5.78. The summed E-state index contributed by atoms with van der Waals surface area (Å²) in [6.45, 7) is 6.14. The average Bonchev–Trinajstić information content (AvgIpc) is 2.26. The molecule has 0 aromatic rings. The van der Waals surface area contributed by atoms with Crippen LogP contribution < -0.4 is 10.6 Å². The largest absolute Gasteiger partial charge is 0.355 e. The number of hydrogen-bond donors (Lipinski definition) is 2. The molecule has 0 bridgehead atoms. The average molecular weight is 209 g/mol. The molecule has 4 nitrogen and oxygen atoms in total. The van der Waals surface area contributed by atoms with Crippen molar-refractivity contribution in [2.45, 2.75) is 12.8 Å². The van der Waals surface area contributed by atoms with Gasteiger partial charge in [-0.3, -0.25) is 4.79 Å². The molecular weight excluding hydrogens is 190 g/mol. The zero-order valence-electron chi connectivity index (χ0n) is 9.09. The quantitative estimate of drug-likeness (QED) is 0.470. The summed E-state index contributed by atoms with van der Waals surface area (Å²) in [5, 5.41) is 6.11. The van der Waals surface area contributed by atoms with Crippen molar-refractivity contribution in [2.24, 2.45) is 0 Å². The Kier molecular flexibility index (Phi) is 5.83. The number of terminal acetylenes is 1. The minimum atomic E-state index is -0.0437. The van der Waals surface area contributed by atoms with E-state index < -0.39 is 0 Å². The van der Waals surface area contributed by atoms with Gasteiger partial charge >= 0.3 is 0 Å². The van der Waals surface area contributed by atoms with E-state index in [0.717, 1.165) is 45.7 Å². The first kappa shape index (κ1) is 12.0. The van der Waals surface area contributed by atoms with Gasteiger partial charge in [-0.2, -0.15) is 0 Å². The third-order valence-electron chi connectivity index (χ3n) is 2.45. The SMILES string of the molecule is C#CCC(=O)NCCCN1CCNCC1. The molecule has 0 unspecified atom stereocenters. The van der Waals surface area contributed by atoms with Crippen LogP contribution >= 0.6 is 0 Å². The van der Waals surface area contributed by atoms with E-state index in [0.29, 0.717) is 0 Å². The van der Waals surface area contributed by atoms with Gasteiger partial charge in [0.25, 0.3) is 0 Å². The Hall–Kier alpha value is -1.05. The van der Waals surface area contributed by atoms with Crippen LogP contribution in [0.4, 0.5) is 0 Å². The minimum absolute atomic E-state index is 0.0437. The van der Waals surface area contributed by atoms with Crippen molar-refractivity contribution in [3.05, 3.63) is 0 Å². The maximum Gasteiger partial charge on any atom is 0.232 e. The molecule has 1 amide bonds. The highest BCUT2D eigenvalue weighted by Gasteiger charge is 2.08. The zero-order valence-corrected chi connectivity index (χ0v) is 9.09. The Balaban J connectivity index is 1.96. The van der Waals surface area contributed by atoms with Crippen LogP contribution in [0.25, 0.3) is 0 Å². The van der Waals surface area contributed by atoms with E-state index in [1.807, 2.05) is 0 Å². The summed E-state index contributed by atoms with van der Waals surface area (Å²) in [6.07, 6.45) is 6.21. The molecule has 0 aromatic carbocycles. The first-order valence-electron chi connectivity index (χ1n) is 5.46. The summed E-state index contributed by atoms with van der Waals surface area (Å²) in [5.41, 5.74) is 0. The Bertz CT molecular complexity index is 228. The van der Waals surface area contributed by atoms with Crippen molar-refractivity contribution in [3.8, 4) is 12.3 Å². The van der Waals surface area contributed by atoms with Gasteiger partial charge in [0.2, 0.25) is 5.91 Å². The van der Waals surface area contributed by atoms with Crippen molar-refractivity contribution in [1.29, 1.82) is 0 Å². The van der Waals surface area contributed by atoms with E-state index in [-0.39, 0.29) is 12.3 Å². The molecule has 84 valence electrons. The van der Waals surface area contributed by atoms with Gasteiger partial charge in [0, 0.05) is 32.7 Å². The van der Waals surface area contributed by atoms with E-state index in [1.165, 1.54) is 0 Å². The molecule has 1 fully saturated rings. The summed E-state index contributed by atoms with van der Waals surface area (Å²) >= 11 is 0. The van der Waals surface area contributed by atoms with Crippen LogP contribution in [-0.2, 0) is 4.79 Å². The first-order valence-corrected chi connectivity index (χ1v) is 5.46. The summed E-state index contributed by atoms with van der Waals surface area (Å²) in [4.78, 5) is 13.4. The fraction of sp³-hybridized carbons (Fsp3) is 0.727. The van der Waals surface area contributed by atoms with Crippen molar-refractivity contribution in [2.75, 3.05) is 39.3 Å². The molecule has 4 heteroatoms. The summed E-state index contributed by atoms with van der Waals surface area (Å²) < 4.78 is 0. The van der Waals surface area contributed by atoms with Crippen LogP contribution in [0.5, 0.6) is 0 Å². The van der Waals surface area contributed by atoms with E-state index in [4.69, 9.17) is 6.42 Å². The second-order valence-electron chi connectivity index (χ2n) is 3.68. The molecule has 0 spiro atoms. The minimum Gasteiger partial charge on any atom is -0.355 e. The van der Waals surface area contributed by atoms with E-state index >= 15 is 0 Å². The number of nitrogens with one attached hydrogen (secondary N) is 2. The highest BCUT2D eigenvalue weighted by Crippen LogP contribution is 1.93. The molecule has 1 rings (SSSR count). The molecule has 1 heterocycles. The lowest BCUT2D eigenvalue weighted by Crippen LogP contribution is -2.44. The van der Waals surface area contributed by atoms with Gasteiger partial charge in [-0.1, -0.05) is 5.92 Å². The van der Waals surface area contributed by atoms with Gasteiger partial charge in [-0.05, 0) is 13.0 Å². The Labute approximate surface area is 91.4 Å². The molecule has 0 atom stereocenters. The van der Waals surface area contributed by atoms with Crippen LogP contribution in [0.1, 0.15) is 12.8 Å². The van der Waals surface area contributed by atoms with Crippen LogP contribution in [0.3, 0.4) is 0 Å². The van der Waals surface area contributed by atoms with Gasteiger partial charge in [0.15, 0.2) is 0 Å². The number of carbonyl (C=O) groups excluding carboxylic acids is 1. The number of hydrogen-bond acceptors (Lipinski definition) is 3. The fourth-order valence-electron chi connectivity index (χ4n) is 1.62. The number of rotatable bonds is 5. The van der Waals surface area contributed by atoms with Crippen LogP contribution in [0.2, 0.25) is 0 Å². The second kappa shape index (κ2) is 7.27. The van der Waals surface area contributed by atoms with Gasteiger partial charge in [0.1, 0.15) is 0 Å². The van der Waals surface area contributed by atoms with Gasteiger partial charge in [-0.25, -0.2) is 0 Å². The topological polar surface area (TPSA) is 44.4 Å². The molecule has 1 aliphatic heterocycles. The summed E-state index contributed by atoms with van der Waals surface area (Å²) in [5.74, 6) is 2.28. The standard InChI is InChI=1S/C11H19N3O/c1-2-4-11(15)13-5-3-8-14-9-6-12-7-10-14/h1,12H,3-10H2,(H,13,15). The van der Waals surface area contributed by atoms with Crippen molar-refractivity contribution < 1.29 is 4.79 Å². The number of carbonyl (C=O) groups is 1. The predicted molar refractivity (Wildman–Crippen MR) is 60.4 cm³/mol. The van der Waals surface area contributed by atoms with E-state index in [2.05, 4.69) is 21.5 Å². The molecule has 0 aliphatic carbocycles. The van der Waals surface area contributed by atoms with Crippen molar-refractivity contribution in [1.82, 2.24) is 15.5 Å². The molecular formula is C11H19N3O. The summed E-state index contributed by atoms with van der Waals surface area (Å²) in [7, 11) is 0. The molecule has 0 saturated carbocycles. The summed E-state index contributed by atoms with van der Waals surface area (Å²) in [6, 6.07) is 0.